The van der Waals surface area contributed by atoms with Crippen molar-refractivity contribution in [2.75, 3.05) is 5.06 Å². The summed E-state index contributed by atoms with van der Waals surface area (Å²) in [5.41, 5.74) is 1.09. The lowest BCUT2D eigenvalue weighted by atomic mass is 10.2. The van der Waals surface area contributed by atoms with Gasteiger partial charge in [0.1, 0.15) is 17.1 Å². The van der Waals surface area contributed by atoms with E-state index in [1.807, 2.05) is 12.1 Å². The molecule has 0 bridgehead atoms. The zero-order valence-corrected chi connectivity index (χ0v) is 8.29. The minimum atomic E-state index is 0.103. The van der Waals surface area contributed by atoms with Crippen LogP contribution in [0.5, 0.6) is 17.2 Å². The quantitative estimate of drug-likeness (QED) is 0.709. The van der Waals surface area contributed by atoms with Gasteiger partial charge in [0.2, 0.25) is 0 Å². The third-order valence-electron chi connectivity index (χ3n) is 2.48. The Morgan fingerprint density at radius 3 is 2.56 bits per heavy atom. The first kappa shape index (κ1) is 9.06. The Morgan fingerprint density at radius 1 is 0.938 bits per heavy atom. The van der Waals surface area contributed by atoms with Crippen LogP contribution in [0.2, 0.25) is 0 Å². The number of anilines is 2. The summed E-state index contributed by atoms with van der Waals surface area (Å²) < 4.78 is 5.57. The van der Waals surface area contributed by atoms with Crippen LogP contribution in [0.3, 0.4) is 0 Å². The van der Waals surface area contributed by atoms with Gasteiger partial charge in [-0.1, -0.05) is 12.1 Å². The van der Waals surface area contributed by atoms with Gasteiger partial charge in [-0.3, -0.25) is 5.21 Å². The van der Waals surface area contributed by atoms with E-state index in [9.17, 15) is 10.3 Å². The standard InChI is InChI=1S/C12H9NO3/c14-8-5-6-10-12(7-8)16-11-4-2-1-3-9(11)13(10)15/h1-7,14-15H. The Morgan fingerprint density at radius 2 is 1.69 bits per heavy atom. The number of ether oxygens (including phenoxy) is 1. The summed E-state index contributed by atoms with van der Waals surface area (Å²) in [6.07, 6.45) is 0. The van der Waals surface area contributed by atoms with Crippen LogP contribution in [0.25, 0.3) is 0 Å². The number of phenols is 1. The highest BCUT2D eigenvalue weighted by atomic mass is 16.5. The summed E-state index contributed by atoms with van der Waals surface area (Å²) in [4.78, 5) is 0. The number of fused-ring (bicyclic) bond motifs is 2. The molecule has 0 spiro atoms. The molecule has 4 heteroatoms. The normalized spacial score (nSPS) is 12.7. The fourth-order valence-electron chi connectivity index (χ4n) is 1.73. The van der Waals surface area contributed by atoms with Crippen LogP contribution in [0.15, 0.2) is 42.5 Å². The number of nitrogens with zero attached hydrogens (tertiary/aromatic N) is 1. The van der Waals surface area contributed by atoms with Crippen molar-refractivity contribution >= 4 is 11.4 Å². The highest BCUT2D eigenvalue weighted by Gasteiger charge is 2.22. The second kappa shape index (κ2) is 3.15. The van der Waals surface area contributed by atoms with Crippen LogP contribution in [0, 0.1) is 0 Å². The van der Waals surface area contributed by atoms with Gasteiger partial charge in [0.25, 0.3) is 0 Å². The molecule has 80 valence electrons. The third kappa shape index (κ3) is 1.20. The van der Waals surface area contributed by atoms with E-state index < -0.39 is 0 Å². The number of benzene rings is 2. The van der Waals surface area contributed by atoms with Crippen molar-refractivity contribution in [1.82, 2.24) is 0 Å². The summed E-state index contributed by atoms with van der Waals surface area (Å²) in [5.74, 6) is 1.09. The van der Waals surface area contributed by atoms with E-state index in [1.165, 1.54) is 12.1 Å². The maximum atomic E-state index is 9.98. The summed E-state index contributed by atoms with van der Waals surface area (Å²) in [7, 11) is 0. The minimum Gasteiger partial charge on any atom is -0.508 e. The van der Waals surface area contributed by atoms with Crippen LogP contribution >= 0.6 is 0 Å². The minimum absolute atomic E-state index is 0.103. The number of hydrogen-bond donors (Lipinski definition) is 2. The van der Waals surface area contributed by atoms with E-state index in [1.54, 1.807) is 18.2 Å². The fraction of sp³-hybridized carbons (Fsp3) is 0. The number of hydrogen-bond acceptors (Lipinski definition) is 4. The second-order valence-corrected chi connectivity index (χ2v) is 3.53. The Kier molecular flexibility index (Phi) is 1.78. The van der Waals surface area contributed by atoms with E-state index in [2.05, 4.69) is 0 Å². The van der Waals surface area contributed by atoms with Crippen molar-refractivity contribution in [3.63, 3.8) is 0 Å². The Bertz CT molecular complexity index is 554. The summed E-state index contributed by atoms with van der Waals surface area (Å²) >= 11 is 0. The fourth-order valence-corrected chi connectivity index (χ4v) is 1.73. The van der Waals surface area contributed by atoms with Gasteiger partial charge in [0.05, 0.1) is 0 Å². The van der Waals surface area contributed by atoms with Crippen LogP contribution in [0.4, 0.5) is 11.4 Å². The Labute approximate surface area is 91.9 Å². The molecular weight excluding hydrogens is 206 g/mol. The number of aromatic hydroxyl groups is 1. The maximum absolute atomic E-state index is 9.98. The average Bonchev–Trinajstić information content (AvgIpc) is 2.29. The molecule has 0 saturated heterocycles. The molecule has 1 aliphatic heterocycles. The molecule has 0 radical (unpaired) electrons. The van der Waals surface area contributed by atoms with Gasteiger partial charge >= 0.3 is 0 Å². The van der Waals surface area contributed by atoms with Gasteiger partial charge in [0, 0.05) is 6.07 Å². The molecule has 1 heterocycles. The molecule has 3 rings (SSSR count). The molecule has 0 atom stereocenters. The largest absolute Gasteiger partial charge is 0.508 e. The van der Waals surface area contributed by atoms with Crippen molar-refractivity contribution in [2.45, 2.75) is 0 Å². The highest BCUT2D eigenvalue weighted by molar-refractivity contribution is 5.76. The van der Waals surface area contributed by atoms with Gasteiger partial charge in [-0.25, -0.2) is 5.06 Å². The molecule has 0 aromatic heterocycles. The number of rotatable bonds is 0. The molecule has 0 fully saturated rings. The van der Waals surface area contributed by atoms with Crippen LogP contribution in [-0.2, 0) is 0 Å². The van der Waals surface area contributed by atoms with Gasteiger partial charge in [-0.2, -0.15) is 0 Å². The van der Waals surface area contributed by atoms with Crippen molar-refractivity contribution in [3.8, 4) is 17.2 Å². The van der Waals surface area contributed by atoms with Crippen LogP contribution in [0.1, 0.15) is 0 Å². The molecule has 4 nitrogen and oxygen atoms in total. The molecule has 0 unspecified atom stereocenters. The molecule has 16 heavy (non-hydrogen) atoms. The smallest absolute Gasteiger partial charge is 0.157 e. The van der Waals surface area contributed by atoms with Crippen molar-refractivity contribution in [1.29, 1.82) is 0 Å². The van der Waals surface area contributed by atoms with Crippen molar-refractivity contribution in [3.05, 3.63) is 42.5 Å². The number of phenolic OH excluding ortho intramolecular Hbond substituents is 1. The van der Waals surface area contributed by atoms with Crippen molar-refractivity contribution in [2.24, 2.45) is 0 Å². The molecule has 0 amide bonds. The van der Waals surface area contributed by atoms with E-state index in [0.717, 1.165) is 5.06 Å². The Hall–Kier alpha value is -2.20. The monoisotopic (exact) mass is 215 g/mol. The molecular formula is C12H9NO3. The average molecular weight is 215 g/mol. The lowest BCUT2D eigenvalue weighted by molar-refractivity contribution is 0.285. The first-order valence-corrected chi connectivity index (χ1v) is 4.84. The number of para-hydroxylation sites is 2. The summed E-state index contributed by atoms with van der Waals surface area (Å²) in [6, 6.07) is 11.7. The Balaban J connectivity index is 2.18. The lowest BCUT2D eigenvalue weighted by Gasteiger charge is -2.27. The zero-order chi connectivity index (χ0) is 11.1. The molecule has 2 aromatic rings. The predicted octanol–water partition coefficient (Wildman–Crippen LogP) is 3.03. The SMILES string of the molecule is Oc1ccc2c(c1)Oc1ccccc1N2O. The van der Waals surface area contributed by atoms with E-state index in [0.29, 0.717) is 22.9 Å². The van der Waals surface area contributed by atoms with E-state index in [4.69, 9.17) is 4.74 Å². The topological polar surface area (TPSA) is 52.9 Å². The van der Waals surface area contributed by atoms with Crippen LogP contribution < -0.4 is 9.80 Å². The van der Waals surface area contributed by atoms with E-state index in [-0.39, 0.29) is 5.75 Å². The third-order valence-corrected chi connectivity index (χ3v) is 2.48. The molecule has 1 aliphatic rings. The van der Waals surface area contributed by atoms with Gasteiger partial charge < -0.3 is 9.84 Å². The molecule has 2 N–H and O–H groups in total. The molecule has 2 aromatic carbocycles. The maximum Gasteiger partial charge on any atom is 0.157 e. The van der Waals surface area contributed by atoms with Gasteiger partial charge in [-0.05, 0) is 24.3 Å². The first-order valence-electron chi connectivity index (χ1n) is 4.84. The predicted molar refractivity (Wildman–Crippen MR) is 58.5 cm³/mol. The second-order valence-electron chi connectivity index (χ2n) is 3.53. The van der Waals surface area contributed by atoms with Gasteiger partial charge in [0.15, 0.2) is 11.5 Å². The van der Waals surface area contributed by atoms with Crippen molar-refractivity contribution < 1.29 is 15.1 Å². The summed E-state index contributed by atoms with van der Waals surface area (Å²) in [6.45, 7) is 0. The molecule has 0 saturated carbocycles. The highest BCUT2D eigenvalue weighted by Crippen LogP contribution is 2.46. The van der Waals surface area contributed by atoms with E-state index >= 15 is 0 Å². The first-order chi connectivity index (χ1) is 7.75. The molecule has 0 aliphatic carbocycles. The van der Waals surface area contributed by atoms with Gasteiger partial charge in [-0.15, -0.1) is 0 Å². The zero-order valence-electron chi connectivity index (χ0n) is 8.29. The van der Waals surface area contributed by atoms with Crippen LogP contribution in [-0.4, -0.2) is 10.3 Å². The lowest BCUT2D eigenvalue weighted by Crippen LogP contribution is -2.16. The summed E-state index contributed by atoms with van der Waals surface area (Å²) in [5, 5.41) is 20.4.